The standard InChI is InChI=1S/C9H18F3N/c1-6(2)5-8(9(10,11)12)13-7(3)4/h6-8,13H,5H2,1-4H3/t8-/m1/s1. The van der Waals surface area contributed by atoms with Crippen molar-refractivity contribution in [2.75, 3.05) is 0 Å². The second kappa shape index (κ2) is 4.84. The number of halogens is 3. The molecule has 0 amide bonds. The summed E-state index contributed by atoms with van der Waals surface area (Å²) in [5.41, 5.74) is 0. The molecule has 0 aromatic heterocycles. The zero-order valence-corrected chi connectivity index (χ0v) is 8.57. The van der Waals surface area contributed by atoms with E-state index in [1.165, 1.54) is 0 Å². The molecule has 13 heavy (non-hydrogen) atoms. The number of nitrogens with one attached hydrogen (secondary N) is 1. The molecular formula is C9H18F3N. The molecule has 0 aliphatic carbocycles. The zero-order valence-electron chi connectivity index (χ0n) is 8.57. The van der Waals surface area contributed by atoms with E-state index in [4.69, 9.17) is 0 Å². The maximum Gasteiger partial charge on any atom is 0.403 e. The van der Waals surface area contributed by atoms with Gasteiger partial charge in [-0.25, -0.2) is 0 Å². The topological polar surface area (TPSA) is 12.0 Å². The fourth-order valence-electron chi connectivity index (χ4n) is 1.17. The molecule has 0 fully saturated rings. The quantitative estimate of drug-likeness (QED) is 0.730. The number of hydrogen-bond donors (Lipinski definition) is 1. The molecule has 80 valence electrons. The minimum atomic E-state index is -4.13. The third-order valence-corrected chi connectivity index (χ3v) is 1.64. The molecule has 0 aliphatic heterocycles. The van der Waals surface area contributed by atoms with Crippen LogP contribution < -0.4 is 5.32 Å². The summed E-state index contributed by atoms with van der Waals surface area (Å²) in [4.78, 5) is 0. The monoisotopic (exact) mass is 197 g/mol. The lowest BCUT2D eigenvalue weighted by Gasteiger charge is -2.25. The molecule has 0 aliphatic rings. The maximum absolute atomic E-state index is 12.4. The van der Waals surface area contributed by atoms with E-state index < -0.39 is 12.2 Å². The Balaban J connectivity index is 4.20. The largest absolute Gasteiger partial charge is 0.403 e. The van der Waals surface area contributed by atoms with E-state index in [0.29, 0.717) is 0 Å². The number of hydrogen-bond acceptors (Lipinski definition) is 1. The van der Waals surface area contributed by atoms with Crippen LogP contribution in [0.1, 0.15) is 34.1 Å². The van der Waals surface area contributed by atoms with E-state index in [0.717, 1.165) is 0 Å². The lowest BCUT2D eigenvalue weighted by Crippen LogP contribution is -2.46. The molecule has 0 heterocycles. The normalized spacial score (nSPS) is 15.5. The minimum Gasteiger partial charge on any atom is -0.304 e. The second-order valence-corrected chi connectivity index (χ2v) is 4.05. The molecule has 0 aromatic rings. The SMILES string of the molecule is CC(C)C[C@@H](NC(C)C)C(F)(F)F. The maximum atomic E-state index is 12.4. The van der Waals surface area contributed by atoms with Crippen molar-refractivity contribution in [2.45, 2.75) is 52.4 Å². The molecule has 4 heteroatoms. The van der Waals surface area contributed by atoms with Crippen LogP contribution in [0.15, 0.2) is 0 Å². The van der Waals surface area contributed by atoms with Crippen molar-refractivity contribution in [1.82, 2.24) is 5.32 Å². The number of alkyl halides is 3. The fraction of sp³-hybridized carbons (Fsp3) is 1.00. The third-order valence-electron chi connectivity index (χ3n) is 1.64. The van der Waals surface area contributed by atoms with Crippen molar-refractivity contribution >= 4 is 0 Å². The van der Waals surface area contributed by atoms with E-state index in [2.05, 4.69) is 5.32 Å². The van der Waals surface area contributed by atoms with Gasteiger partial charge in [0.1, 0.15) is 6.04 Å². The van der Waals surface area contributed by atoms with Crippen molar-refractivity contribution in [3.63, 3.8) is 0 Å². The summed E-state index contributed by atoms with van der Waals surface area (Å²) in [5.74, 6) is 0.0536. The average molecular weight is 197 g/mol. The molecule has 0 saturated carbocycles. The lowest BCUT2D eigenvalue weighted by atomic mass is 10.0. The summed E-state index contributed by atoms with van der Waals surface area (Å²) in [6.07, 6.45) is -3.99. The van der Waals surface area contributed by atoms with Crippen molar-refractivity contribution in [1.29, 1.82) is 0 Å². The first-order chi connectivity index (χ1) is 5.73. The van der Waals surface area contributed by atoms with Gasteiger partial charge in [0.25, 0.3) is 0 Å². The summed E-state index contributed by atoms with van der Waals surface area (Å²) in [7, 11) is 0. The molecule has 0 bridgehead atoms. The van der Waals surface area contributed by atoms with Gasteiger partial charge in [0, 0.05) is 6.04 Å². The van der Waals surface area contributed by atoms with Gasteiger partial charge in [-0.2, -0.15) is 13.2 Å². The predicted molar refractivity (Wildman–Crippen MR) is 47.6 cm³/mol. The van der Waals surface area contributed by atoms with Gasteiger partial charge in [0.05, 0.1) is 0 Å². The predicted octanol–water partition coefficient (Wildman–Crippen LogP) is 2.96. The molecule has 0 radical (unpaired) electrons. The van der Waals surface area contributed by atoms with Crippen LogP contribution in [0, 0.1) is 5.92 Å². The summed E-state index contributed by atoms with van der Waals surface area (Å²) in [6, 6.07) is -1.50. The van der Waals surface area contributed by atoms with Gasteiger partial charge < -0.3 is 5.32 Å². The molecule has 0 spiro atoms. The van der Waals surface area contributed by atoms with Crippen LogP contribution in [0.3, 0.4) is 0 Å². The Bertz CT molecular complexity index is 130. The van der Waals surface area contributed by atoms with Gasteiger partial charge in [-0.1, -0.05) is 27.7 Å². The first-order valence-electron chi connectivity index (χ1n) is 4.56. The summed E-state index contributed by atoms with van der Waals surface area (Å²) in [6.45, 7) is 7.03. The van der Waals surface area contributed by atoms with Gasteiger partial charge in [-0.3, -0.25) is 0 Å². The van der Waals surface area contributed by atoms with Crippen LogP contribution >= 0.6 is 0 Å². The number of rotatable bonds is 4. The van der Waals surface area contributed by atoms with Crippen molar-refractivity contribution in [2.24, 2.45) is 5.92 Å². The summed E-state index contributed by atoms with van der Waals surface area (Å²) in [5, 5.41) is 2.53. The Morgan fingerprint density at radius 2 is 1.54 bits per heavy atom. The highest BCUT2D eigenvalue weighted by Crippen LogP contribution is 2.25. The second-order valence-electron chi connectivity index (χ2n) is 4.05. The van der Waals surface area contributed by atoms with Gasteiger partial charge in [0.2, 0.25) is 0 Å². The highest BCUT2D eigenvalue weighted by Gasteiger charge is 2.39. The summed E-state index contributed by atoms with van der Waals surface area (Å²) >= 11 is 0. The van der Waals surface area contributed by atoms with Crippen LogP contribution in [-0.2, 0) is 0 Å². The molecular weight excluding hydrogens is 179 g/mol. The smallest absolute Gasteiger partial charge is 0.304 e. The third kappa shape index (κ3) is 5.91. The fourth-order valence-corrected chi connectivity index (χ4v) is 1.17. The van der Waals surface area contributed by atoms with Crippen LogP contribution in [0.4, 0.5) is 13.2 Å². The van der Waals surface area contributed by atoms with Crippen LogP contribution in [0.2, 0.25) is 0 Å². The van der Waals surface area contributed by atoms with E-state index >= 15 is 0 Å². The first kappa shape index (κ1) is 12.8. The Hall–Kier alpha value is -0.250. The molecule has 1 nitrogen and oxygen atoms in total. The highest BCUT2D eigenvalue weighted by atomic mass is 19.4. The summed E-state index contributed by atoms with van der Waals surface area (Å²) < 4.78 is 37.1. The minimum absolute atomic E-state index is 0.0536. The molecule has 1 atom stereocenters. The molecule has 0 rings (SSSR count). The van der Waals surface area contributed by atoms with E-state index in [9.17, 15) is 13.2 Å². The first-order valence-corrected chi connectivity index (χ1v) is 4.56. The van der Waals surface area contributed by atoms with Crippen LogP contribution in [0.5, 0.6) is 0 Å². The zero-order chi connectivity index (χ0) is 10.6. The van der Waals surface area contributed by atoms with Crippen molar-refractivity contribution < 1.29 is 13.2 Å². The Morgan fingerprint density at radius 1 is 1.08 bits per heavy atom. The van der Waals surface area contributed by atoms with Gasteiger partial charge in [0.15, 0.2) is 0 Å². The molecule has 0 unspecified atom stereocenters. The van der Waals surface area contributed by atoms with E-state index in [-0.39, 0.29) is 18.4 Å². The van der Waals surface area contributed by atoms with Gasteiger partial charge in [-0.15, -0.1) is 0 Å². The molecule has 0 aromatic carbocycles. The Labute approximate surface area is 77.7 Å². The van der Waals surface area contributed by atoms with Gasteiger partial charge >= 0.3 is 6.18 Å². The van der Waals surface area contributed by atoms with Crippen molar-refractivity contribution in [3.8, 4) is 0 Å². The molecule has 1 N–H and O–H groups in total. The van der Waals surface area contributed by atoms with Crippen molar-refractivity contribution in [3.05, 3.63) is 0 Å². The lowest BCUT2D eigenvalue weighted by molar-refractivity contribution is -0.160. The highest BCUT2D eigenvalue weighted by molar-refractivity contribution is 4.77. The van der Waals surface area contributed by atoms with Crippen LogP contribution in [0.25, 0.3) is 0 Å². The van der Waals surface area contributed by atoms with Gasteiger partial charge in [-0.05, 0) is 12.3 Å². The average Bonchev–Trinajstić information content (AvgIpc) is 1.81. The Morgan fingerprint density at radius 3 is 1.77 bits per heavy atom. The van der Waals surface area contributed by atoms with E-state index in [1.54, 1.807) is 27.7 Å². The van der Waals surface area contributed by atoms with E-state index in [1.807, 2.05) is 0 Å². The van der Waals surface area contributed by atoms with Crippen LogP contribution in [-0.4, -0.2) is 18.3 Å². The molecule has 0 saturated heterocycles. The Kier molecular flexibility index (Phi) is 4.75.